The Morgan fingerprint density at radius 3 is 2.42 bits per heavy atom. The first kappa shape index (κ1) is 15.7. The van der Waals surface area contributed by atoms with E-state index in [-0.39, 0.29) is 10.1 Å². The van der Waals surface area contributed by atoms with Gasteiger partial charge in [-0.05, 0) is 12.1 Å². The van der Waals surface area contributed by atoms with Crippen molar-refractivity contribution in [3.8, 4) is 0 Å². The normalized spacial score (nSPS) is 12.9. The van der Waals surface area contributed by atoms with Crippen molar-refractivity contribution in [1.29, 1.82) is 0 Å². The fraction of sp³-hybridized carbons (Fsp3) is 0.444. The van der Waals surface area contributed by atoms with Crippen LogP contribution < -0.4 is 5.73 Å². The van der Waals surface area contributed by atoms with E-state index < -0.39 is 40.8 Å². The molecule has 0 radical (unpaired) electrons. The third-order valence-corrected chi connectivity index (χ3v) is 3.93. The number of hydrogen-bond acceptors (Lipinski definition) is 5. The number of aliphatic hydroxyl groups is 1. The molecule has 1 aromatic rings. The number of nitrogen functional groups attached to an aromatic ring is 1. The Kier molecular flexibility index (Phi) is 4.71. The fourth-order valence-corrected chi connectivity index (χ4v) is 2.65. The Bertz CT molecular complexity index is 516. The predicted molar refractivity (Wildman–Crippen MR) is 60.5 cm³/mol. The second kappa shape index (κ2) is 5.72. The van der Waals surface area contributed by atoms with E-state index in [0.29, 0.717) is 0 Å². The van der Waals surface area contributed by atoms with Gasteiger partial charge in [-0.15, -0.1) is 0 Å². The molecule has 0 aromatic carbocycles. The van der Waals surface area contributed by atoms with Crippen LogP contribution in [-0.4, -0.2) is 48.7 Å². The minimum Gasteiger partial charge on any atom is -0.395 e. The lowest BCUT2D eigenvalue weighted by atomic mass is 10.5. The molecule has 0 saturated carbocycles. The molecule has 19 heavy (non-hydrogen) atoms. The molecule has 0 unspecified atom stereocenters. The number of sulfonamides is 1. The average molecular weight is 299 g/mol. The standard InChI is InChI=1S/C9H12F3N3O3S/c10-9(11,12)6-15(3-4-16)19(17,18)7-1-2-8(13)14-5-7/h1-2,5,16H,3-4,6H2,(H2,13,14). The number of nitrogens with zero attached hydrogens (tertiary/aromatic N) is 2. The Morgan fingerprint density at radius 2 is 2.00 bits per heavy atom. The van der Waals surface area contributed by atoms with Gasteiger partial charge < -0.3 is 10.8 Å². The van der Waals surface area contributed by atoms with Crippen LogP contribution in [0.4, 0.5) is 19.0 Å². The van der Waals surface area contributed by atoms with Crippen LogP contribution in [0, 0.1) is 0 Å². The molecule has 108 valence electrons. The number of hydrogen-bond donors (Lipinski definition) is 2. The number of halogens is 3. The highest BCUT2D eigenvalue weighted by atomic mass is 32.2. The summed E-state index contributed by atoms with van der Waals surface area (Å²) in [5, 5.41) is 8.68. The SMILES string of the molecule is Nc1ccc(S(=O)(=O)N(CCO)CC(F)(F)F)cn1. The summed E-state index contributed by atoms with van der Waals surface area (Å²) in [4.78, 5) is 3.10. The molecule has 0 amide bonds. The van der Waals surface area contributed by atoms with Crippen molar-refractivity contribution in [2.75, 3.05) is 25.4 Å². The molecule has 0 saturated heterocycles. The molecule has 0 bridgehead atoms. The number of aromatic nitrogens is 1. The van der Waals surface area contributed by atoms with Gasteiger partial charge in [0.15, 0.2) is 0 Å². The van der Waals surface area contributed by atoms with Gasteiger partial charge in [0.25, 0.3) is 0 Å². The Labute approximate surface area is 107 Å². The first-order chi connectivity index (χ1) is 8.66. The number of rotatable bonds is 5. The highest BCUT2D eigenvalue weighted by Gasteiger charge is 2.36. The lowest BCUT2D eigenvalue weighted by molar-refractivity contribution is -0.136. The van der Waals surface area contributed by atoms with Crippen LogP contribution in [0.3, 0.4) is 0 Å². The molecular weight excluding hydrogens is 287 g/mol. The van der Waals surface area contributed by atoms with E-state index in [4.69, 9.17) is 10.8 Å². The molecule has 0 aliphatic heterocycles. The third kappa shape index (κ3) is 4.33. The van der Waals surface area contributed by atoms with Crippen LogP contribution in [0.5, 0.6) is 0 Å². The van der Waals surface area contributed by atoms with Crippen LogP contribution in [0.15, 0.2) is 23.2 Å². The summed E-state index contributed by atoms with van der Waals surface area (Å²) in [6, 6.07) is 2.22. The maximum atomic E-state index is 12.3. The Hall–Kier alpha value is -1.39. The molecule has 0 atom stereocenters. The van der Waals surface area contributed by atoms with Gasteiger partial charge in [-0.1, -0.05) is 0 Å². The topological polar surface area (TPSA) is 96.5 Å². The number of aliphatic hydroxyl groups excluding tert-OH is 1. The van der Waals surface area contributed by atoms with Crippen molar-refractivity contribution >= 4 is 15.8 Å². The summed E-state index contributed by atoms with van der Waals surface area (Å²) in [7, 11) is -4.38. The quantitative estimate of drug-likeness (QED) is 0.810. The lowest BCUT2D eigenvalue weighted by Crippen LogP contribution is -2.40. The predicted octanol–water partition coefficient (Wildman–Crippen LogP) is 0.209. The Morgan fingerprint density at radius 1 is 1.37 bits per heavy atom. The van der Waals surface area contributed by atoms with Crippen molar-refractivity contribution < 1.29 is 26.7 Å². The summed E-state index contributed by atoms with van der Waals surface area (Å²) in [6.45, 7) is -3.07. The second-order valence-corrected chi connectivity index (χ2v) is 5.53. The maximum absolute atomic E-state index is 12.3. The summed E-state index contributed by atoms with van der Waals surface area (Å²) in [5.41, 5.74) is 5.27. The number of pyridine rings is 1. The van der Waals surface area contributed by atoms with E-state index in [2.05, 4.69) is 4.98 Å². The summed E-state index contributed by atoms with van der Waals surface area (Å²) >= 11 is 0. The zero-order chi connectivity index (χ0) is 14.7. The number of nitrogens with two attached hydrogens (primary N) is 1. The van der Waals surface area contributed by atoms with Crippen molar-refractivity contribution in [2.24, 2.45) is 0 Å². The average Bonchev–Trinajstić information content (AvgIpc) is 2.27. The van der Waals surface area contributed by atoms with Crippen molar-refractivity contribution in [1.82, 2.24) is 9.29 Å². The highest BCUT2D eigenvalue weighted by molar-refractivity contribution is 7.89. The molecule has 0 aliphatic rings. The fourth-order valence-electron chi connectivity index (χ4n) is 1.29. The van der Waals surface area contributed by atoms with E-state index in [9.17, 15) is 21.6 Å². The second-order valence-electron chi connectivity index (χ2n) is 3.60. The van der Waals surface area contributed by atoms with Gasteiger partial charge in [-0.2, -0.15) is 17.5 Å². The van der Waals surface area contributed by atoms with Gasteiger partial charge in [-0.25, -0.2) is 13.4 Å². The van der Waals surface area contributed by atoms with Gasteiger partial charge in [-0.3, -0.25) is 0 Å². The van der Waals surface area contributed by atoms with Crippen LogP contribution >= 0.6 is 0 Å². The molecule has 0 spiro atoms. The van der Waals surface area contributed by atoms with Crippen molar-refractivity contribution in [2.45, 2.75) is 11.1 Å². The van der Waals surface area contributed by atoms with Gasteiger partial charge in [0, 0.05) is 12.7 Å². The van der Waals surface area contributed by atoms with Gasteiger partial charge >= 0.3 is 6.18 Å². The molecular formula is C9H12F3N3O3S. The van der Waals surface area contributed by atoms with Crippen LogP contribution in [0.2, 0.25) is 0 Å². The smallest absolute Gasteiger partial charge is 0.395 e. The van der Waals surface area contributed by atoms with Crippen LogP contribution in [0.25, 0.3) is 0 Å². The Balaban J connectivity index is 3.09. The van der Waals surface area contributed by atoms with E-state index in [1.54, 1.807) is 0 Å². The van der Waals surface area contributed by atoms with Gasteiger partial charge in [0.05, 0.1) is 6.61 Å². The molecule has 3 N–H and O–H groups in total. The largest absolute Gasteiger partial charge is 0.402 e. The number of anilines is 1. The van der Waals surface area contributed by atoms with Gasteiger partial charge in [0.1, 0.15) is 17.3 Å². The molecule has 10 heteroatoms. The molecule has 1 heterocycles. The highest BCUT2D eigenvalue weighted by Crippen LogP contribution is 2.22. The molecule has 1 rings (SSSR count). The van der Waals surface area contributed by atoms with E-state index >= 15 is 0 Å². The number of alkyl halides is 3. The monoisotopic (exact) mass is 299 g/mol. The van der Waals surface area contributed by atoms with E-state index in [0.717, 1.165) is 18.3 Å². The zero-order valence-electron chi connectivity index (χ0n) is 9.63. The molecule has 0 fully saturated rings. The summed E-state index contributed by atoms with van der Waals surface area (Å²) < 4.78 is 61.0. The first-order valence-corrected chi connectivity index (χ1v) is 6.50. The minimum atomic E-state index is -4.70. The van der Waals surface area contributed by atoms with Crippen molar-refractivity contribution in [3.63, 3.8) is 0 Å². The maximum Gasteiger partial charge on any atom is 0.402 e. The molecule has 6 nitrogen and oxygen atoms in total. The summed E-state index contributed by atoms with van der Waals surface area (Å²) in [5.74, 6) is 0.0449. The minimum absolute atomic E-state index is 0.0449. The first-order valence-electron chi connectivity index (χ1n) is 5.06. The molecule has 1 aromatic heterocycles. The third-order valence-electron chi connectivity index (χ3n) is 2.10. The van der Waals surface area contributed by atoms with Crippen molar-refractivity contribution in [3.05, 3.63) is 18.3 Å². The molecule has 0 aliphatic carbocycles. The summed E-state index contributed by atoms with van der Waals surface area (Å²) in [6.07, 6.45) is -3.84. The zero-order valence-corrected chi connectivity index (χ0v) is 10.4. The van der Waals surface area contributed by atoms with Crippen LogP contribution in [0.1, 0.15) is 0 Å². The lowest BCUT2D eigenvalue weighted by Gasteiger charge is -2.22. The van der Waals surface area contributed by atoms with Crippen LogP contribution in [-0.2, 0) is 10.0 Å². The van der Waals surface area contributed by atoms with E-state index in [1.165, 1.54) is 0 Å². The van der Waals surface area contributed by atoms with Gasteiger partial charge in [0.2, 0.25) is 10.0 Å². The van der Waals surface area contributed by atoms with E-state index in [1.807, 2.05) is 0 Å².